The first-order valence-corrected chi connectivity index (χ1v) is 6.48. The summed E-state index contributed by atoms with van der Waals surface area (Å²) in [6.45, 7) is 0. The molecule has 1 unspecified atom stereocenters. The smallest absolute Gasteiger partial charge is 0.417 e. The van der Waals surface area contributed by atoms with E-state index < -0.39 is 28.8 Å². The molecule has 0 bridgehead atoms. The second-order valence-electron chi connectivity index (χ2n) is 4.39. The summed E-state index contributed by atoms with van der Waals surface area (Å²) in [7, 11) is 0. The predicted molar refractivity (Wildman–Crippen MR) is 73.9 cm³/mol. The molecule has 2 aromatic carbocycles. The molecule has 0 spiro atoms. The molecule has 0 aliphatic heterocycles. The first-order valence-electron chi connectivity index (χ1n) is 6.10. The lowest BCUT2D eigenvalue weighted by Gasteiger charge is -2.17. The highest BCUT2D eigenvalue weighted by Crippen LogP contribution is 2.37. The van der Waals surface area contributed by atoms with Crippen LogP contribution in [0.15, 0.2) is 48.5 Å². The van der Waals surface area contributed by atoms with Crippen LogP contribution in [0.5, 0.6) is 5.75 Å². The fourth-order valence-electron chi connectivity index (χ4n) is 1.82. The molecule has 1 atom stereocenters. The number of rotatable bonds is 4. The molecular formula is C15H10ClF3O3. The Kier molecular flexibility index (Phi) is 4.61. The van der Waals surface area contributed by atoms with Crippen molar-refractivity contribution in [1.82, 2.24) is 0 Å². The van der Waals surface area contributed by atoms with Crippen LogP contribution in [0.2, 0.25) is 5.02 Å². The van der Waals surface area contributed by atoms with Gasteiger partial charge in [-0.05, 0) is 18.2 Å². The first kappa shape index (κ1) is 16.2. The van der Waals surface area contributed by atoms with Gasteiger partial charge in [0, 0.05) is 5.56 Å². The normalized spacial score (nSPS) is 12.7. The largest absolute Gasteiger partial charge is 0.478 e. The van der Waals surface area contributed by atoms with Gasteiger partial charge in [-0.1, -0.05) is 41.9 Å². The third kappa shape index (κ3) is 3.71. The van der Waals surface area contributed by atoms with Gasteiger partial charge in [-0.15, -0.1) is 0 Å². The number of halogens is 4. The van der Waals surface area contributed by atoms with Crippen LogP contribution in [0.3, 0.4) is 0 Å². The lowest BCUT2D eigenvalue weighted by molar-refractivity contribution is -0.145. The number of ether oxygens (including phenoxy) is 1. The van der Waals surface area contributed by atoms with Crippen LogP contribution in [-0.4, -0.2) is 11.1 Å². The van der Waals surface area contributed by atoms with E-state index >= 15 is 0 Å². The van der Waals surface area contributed by atoms with Crippen LogP contribution in [-0.2, 0) is 11.0 Å². The summed E-state index contributed by atoms with van der Waals surface area (Å²) < 4.78 is 43.6. The van der Waals surface area contributed by atoms with Gasteiger partial charge in [0.25, 0.3) is 0 Å². The highest BCUT2D eigenvalue weighted by Gasteiger charge is 2.34. The van der Waals surface area contributed by atoms with E-state index in [9.17, 15) is 23.1 Å². The van der Waals surface area contributed by atoms with Gasteiger partial charge < -0.3 is 9.84 Å². The summed E-state index contributed by atoms with van der Waals surface area (Å²) in [4.78, 5) is 11.3. The second kappa shape index (κ2) is 6.27. The molecule has 0 aliphatic carbocycles. The van der Waals surface area contributed by atoms with Gasteiger partial charge in [0.15, 0.2) is 0 Å². The third-order valence-corrected chi connectivity index (χ3v) is 3.15. The summed E-state index contributed by atoms with van der Waals surface area (Å²) in [6, 6.07) is 10.8. The molecule has 2 rings (SSSR count). The molecule has 0 aliphatic rings. The monoisotopic (exact) mass is 330 g/mol. The number of aliphatic carboxylic acids is 1. The molecular weight excluding hydrogens is 321 g/mol. The zero-order valence-electron chi connectivity index (χ0n) is 11.0. The number of hydrogen-bond acceptors (Lipinski definition) is 2. The van der Waals surface area contributed by atoms with E-state index in [0.29, 0.717) is 11.6 Å². The van der Waals surface area contributed by atoms with Crippen LogP contribution in [0.1, 0.15) is 17.2 Å². The zero-order chi connectivity index (χ0) is 16.3. The maximum atomic E-state index is 12.8. The van der Waals surface area contributed by atoms with Crippen molar-refractivity contribution >= 4 is 17.6 Å². The van der Waals surface area contributed by atoms with Crippen LogP contribution in [0, 0.1) is 0 Å². The van der Waals surface area contributed by atoms with Crippen LogP contribution in [0.4, 0.5) is 13.2 Å². The SMILES string of the molecule is O=C(O)C(Oc1ccc(Cl)c(C(F)(F)F)c1)c1ccccc1. The van der Waals surface area contributed by atoms with Gasteiger partial charge >= 0.3 is 12.1 Å². The van der Waals surface area contributed by atoms with Crippen molar-refractivity contribution in [2.45, 2.75) is 12.3 Å². The molecule has 0 aromatic heterocycles. The summed E-state index contributed by atoms with van der Waals surface area (Å²) in [5, 5.41) is 8.72. The average molecular weight is 331 g/mol. The van der Waals surface area contributed by atoms with Crippen molar-refractivity contribution in [3.8, 4) is 5.75 Å². The number of benzene rings is 2. The molecule has 3 nitrogen and oxygen atoms in total. The van der Waals surface area contributed by atoms with Crippen LogP contribution in [0.25, 0.3) is 0 Å². The molecule has 0 saturated heterocycles. The molecule has 0 saturated carbocycles. The highest BCUT2D eigenvalue weighted by atomic mass is 35.5. The molecule has 22 heavy (non-hydrogen) atoms. The number of hydrogen-bond donors (Lipinski definition) is 1. The Morgan fingerprint density at radius 2 is 1.77 bits per heavy atom. The summed E-state index contributed by atoms with van der Waals surface area (Å²) in [5.41, 5.74) is -0.762. The number of alkyl halides is 3. The van der Waals surface area contributed by atoms with E-state index in [-0.39, 0.29) is 5.75 Å². The Labute approximate surface area is 128 Å². The first-order chi connectivity index (χ1) is 10.3. The zero-order valence-corrected chi connectivity index (χ0v) is 11.7. The number of carboxylic acid groups (broad SMARTS) is 1. The van der Waals surface area contributed by atoms with E-state index in [0.717, 1.165) is 6.07 Å². The molecule has 7 heteroatoms. The quantitative estimate of drug-likeness (QED) is 0.893. The third-order valence-electron chi connectivity index (χ3n) is 2.82. The Morgan fingerprint density at radius 1 is 1.14 bits per heavy atom. The van der Waals surface area contributed by atoms with Crippen LogP contribution >= 0.6 is 11.6 Å². The fourth-order valence-corrected chi connectivity index (χ4v) is 2.04. The maximum absolute atomic E-state index is 12.8. The van der Waals surface area contributed by atoms with Gasteiger partial charge in [-0.3, -0.25) is 0 Å². The highest BCUT2D eigenvalue weighted by molar-refractivity contribution is 6.31. The lowest BCUT2D eigenvalue weighted by Crippen LogP contribution is -2.18. The molecule has 0 heterocycles. The van der Waals surface area contributed by atoms with Crippen molar-refractivity contribution in [3.63, 3.8) is 0 Å². The van der Waals surface area contributed by atoms with Gasteiger partial charge in [0.1, 0.15) is 5.75 Å². The minimum atomic E-state index is -4.65. The van der Waals surface area contributed by atoms with Crippen molar-refractivity contribution in [3.05, 3.63) is 64.7 Å². The summed E-state index contributed by atoms with van der Waals surface area (Å²) in [5.74, 6) is -1.54. The molecule has 2 aromatic rings. The molecule has 0 fully saturated rings. The number of carboxylic acids is 1. The van der Waals surface area contributed by atoms with E-state index in [1.54, 1.807) is 18.2 Å². The minimum absolute atomic E-state index is 0.229. The predicted octanol–water partition coefficient (Wildman–Crippen LogP) is 4.56. The Morgan fingerprint density at radius 3 is 2.32 bits per heavy atom. The summed E-state index contributed by atoms with van der Waals surface area (Å²) >= 11 is 5.51. The minimum Gasteiger partial charge on any atom is -0.478 e. The standard InChI is InChI=1S/C15H10ClF3O3/c16-12-7-6-10(8-11(12)15(17,18)19)22-13(14(20)21)9-4-2-1-3-5-9/h1-8,13H,(H,20,21). The van der Waals surface area contributed by atoms with Crippen molar-refractivity contribution < 1.29 is 27.8 Å². The van der Waals surface area contributed by atoms with E-state index in [1.807, 2.05) is 0 Å². The Hall–Kier alpha value is -2.21. The van der Waals surface area contributed by atoms with E-state index in [4.69, 9.17) is 16.3 Å². The number of carbonyl (C=O) groups is 1. The Balaban J connectivity index is 2.34. The van der Waals surface area contributed by atoms with Gasteiger partial charge in [0.05, 0.1) is 10.6 Å². The lowest BCUT2D eigenvalue weighted by atomic mass is 10.1. The topological polar surface area (TPSA) is 46.5 Å². The van der Waals surface area contributed by atoms with Crippen LogP contribution < -0.4 is 4.74 Å². The van der Waals surface area contributed by atoms with Crippen molar-refractivity contribution in [2.24, 2.45) is 0 Å². The van der Waals surface area contributed by atoms with Crippen molar-refractivity contribution in [2.75, 3.05) is 0 Å². The van der Waals surface area contributed by atoms with Gasteiger partial charge in [0.2, 0.25) is 6.10 Å². The van der Waals surface area contributed by atoms with Gasteiger partial charge in [-0.25, -0.2) is 4.79 Å². The van der Waals surface area contributed by atoms with Gasteiger partial charge in [-0.2, -0.15) is 13.2 Å². The van der Waals surface area contributed by atoms with E-state index in [1.165, 1.54) is 18.2 Å². The average Bonchev–Trinajstić information content (AvgIpc) is 2.45. The molecule has 116 valence electrons. The molecule has 0 radical (unpaired) electrons. The Bertz CT molecular complexity index is 671. The molecule has 1 N–H and O–H groups in total. The molecule has 0 amide bonds. The maximum Gasteiger partial charge on any atom is 0.417 e. The second-order valence-corrected chi connectivity index (χ2v) is 4.79. The fraction of sp³-hybridized carbons (Fsp3) is 0.133. The van der Waals surface area contributed by atoms with E-state index in [2.05, 4.69) is 0 Å². The summed E-state index contributed by atoms with van der Waals surface area (Å²) in [6.07, 6.45) is -6.06. The van der Waals surface area contributed by atoms with Crippen molar-refractivity contribution in [1.29, 1.82) is 0 Å².